The van der Waals surface area contributed by atoms with Gasteiger partial charge in [-0.05, 0) is 91.2 Å². The second kappa shape index (κ2) is 23.2. The highest BCUT2D eigenvalue weighted by molar-refractivity contribution is 5.81. The standard InChI is InChI=1S/C23H36N2O3.C13H19NO.C10H17NO3/c1-23(2,3)28-22(26)25-15-13-19(14-16-25)24-20-11-7-8-12-21(20)27-17-18-9-5-4-6-10-18;14-12-8-4-5-9-13(12)15-10-11-6-2-1-3-7-11;1-10(2,3)14-9(13)11-6-4-8(12)5-7-11/h4-6,9-10,19-21,24H,7-8,11-17H2,1-3H3;1-3,6-7,12-13H,4-5,8-10,14H2;4-7H2,1-3H3/t20?,21-;12-,13-;/m00./s1. The zero-order valence-corrected chi connectivity index (χ0v) is 35.7. The van der Waals surface area contributed by atoms with Gasteiger partial charge in [0.15, 0.2) is 0 Å². The molecule has 11 nitrogen and oxygen atoms in total. The Morgan fingerprint density at radius 2 is 1.07 bits per heavy atom. The highest BCUT2D eigenvalue weighted by Gasteiger charge is 2.32. The molecule has 2 aromatic rings. The van der Waals surface area contributed by atoms with Gasteiger partial charge in [0.1, 0.15) is 17.0 Å². The number of ether oxygens (including phenoxy) is 4. The predicted molar refractivity (Wildman–Crippen MR) is 225 cm³/mol. The molecule has 2 saturated carbocycles. The lowest BCUT2D eigenvalue weighted by Gasteiger charge is -2.38. The molecule has 57 heavy (non-hydrogen) atoms. The quantitative estimate of drug-likeness (QED) is 0.270. The molecule has 2 aliphatic heterocycles. The predicted octanol–water partition coefficient (Wildman–Crippen LogP) is 8.56. The number of Topliss-reactive ketones (excluding diaryl/α,β-unsaturated/α-hetero) is 1. The molecule has 0 aromatic heterocycles. The number of nitrogens with one attached hydrogen (secondary N) is 1. The van der Waals surface area contributed by atoms with E-state index in [0.717, 1.165) is 45.2 Å². The molecule has 0 bridgehead atoms. The first-order valence-electron chi connectivity index (χ1n) is 21.5. The summed E-state index contributed by atoms with van der Waals surface area (Å²) in [5, 5.41) is 3.85. The van der Waals surface area contributed by atoms with Gasteiger partial charge in [-0.1, -0.05) is 86.3 Å². The molecule has 0 spiro atoms. The van der Waals surface area contributed by atoms with Crippen molar-refractivity contribution in [3.8, 4) is 0 Å². The zero-order valence-electron chi connectivity index (χ0n) is 35.7. The van der Waals surface area contributed by atoms with E-state index in [1.54, 1.807) is 4.90 Å². The van der Waals surface area contributed by atoms with Gasteiger partial charge in [-0.15, -0.1) is 0 Å². The van der Waals surface area contributed by atoms with Crippen LogP contribution in [0.15, 0.2) is 60.7 Å². The van der Waals surface area contributed by atoms with Crippen molar-refractivity contribution in [2.45, 2.75) is 173 Å². The maximum absolute atomic E-state index is 12.2. The van der Waals surface area contributed by atoms with E-state index in [-0.39, 0.29) is 36.2 Å². The zero-order chi connectivity index (χ0) is 41.3. The van der Waals surface area contributed by atoms with Crippen LogP contribution in [-0.4, -0.2) is 95.5 Å². The molecule has 0 radical (unpaired) electrons. The average molecular weight is 793 g/mol. The van der Waals surface area contributed by atoms with Crippen LogP contribution in [0.1, 0.15) is 130 Å². The van der Waals surface area contributed by atoms with Gasteiger partial charge in [0, 0.05) is 57.1 Å². The van der Waals surface area contributed by atoms with Gasteiger partial charge in [0.25, 0.3) is 0 Å². The molecule has 2 aromatic carbocycles. The van der Waals surface area contributed by atoms with Crippen molar-refractivity contribution < 1.29 is 33.3 Å². The van der Waals surface area contributed by atoms with Crippen molar-refractivity contribution in [3.63, 3.8) is 0 Å². The Bertz CT molecular complexity index is 1460. The summed E-state index contributed by atoms with van der Waals surface area (Å²) in [5.74, 6) is 0.227. The Kier molecular flexibility index (Phi) is 18.8. The summed E-state index contributed by atoms with van der Waals surface area (Å²) in [6.45, 7) is 15.1. The maximum Gasteiger partial charge on any atom is 0.410 e. The molecule has 2 saturated heterocycles. The molecule has 4 aliphatic rings. The number of likely N-dealkylation sites (tertiary alicyclic amines) is 2. The van der Waals surface area contributed by atoms with Crippen LogP contribution in [0.5, 0.6) is 0 Å². The summed E-state index contributed by atoms with van der Waals surface area (Å²) in [7, 11) is 0. The van der Waals surface area contributed by atoms with E-state index < -0.39 is 11.2 Å². The second-order valence-electron chi connectivity index (χ2n) is 17.9. The molecular formula is C46H72N4O7. The van der Waals surface area contributed by atoms with Crippen LogP contribution in [0.3, 0.4) is 0 Å². The highest BCUT2D eigenvalue weighted by Crippen LogP contribution is 2.25. The number of benzene rings is 2. The fourth-order valence-corrected chi connectivity index (χ4v) is 7.50. The summed E-state index contributed by atoms with van der Waals surface area (Å²) in [6, 6.07) is 21.8. The fraction of sp³-hybridized carbons (Fsp3) is 0.674. The number of ketones is 1. The van der Waals surface area contributed by atoms with Gasteiger partial charge >= 0.3 is 12.2 Å². The Morgan fingerprint density at radius 1 is 0.632 bits per heavy atom. The summed E-state index contributed by atoms with van der Waals surface area (Å²) >= 11 is 0. The van der Waals surface area contributed by atoms with Crippen molar-refractivity contribution in [1.82, 2.24) is 15.1 Å². The lowest BCUT2D eigenvalue weighted by atomic mass is 9.90. The van der Waals surface area contributed by atoms with Crippen molar-refractivity contribution in [2.75, 3.05) is 26.2 Å². The number of amides is 2. The number of piperidine rings is 2. The van der Waals surface area contributed by atoms with Gasteiger partial charge in [-0.3, -0.25) is 4.79 Å². The molecule has 2 heterocycles. The average Bonchev–Trinajstić information content (AvgIpc) is 3.18. The molecule has 6 rings (SSSR count). The second-order valence-corrected chi connectivity index (χ2v) is 17.9. The third kappa shape index (κ3) is 17.9. The Labute approximate surface area is 342 Å². The maximum atomic E-state index is 12.2. The summed E-state index contributed by atoms with van der Waals surface area (Å²) in [6.07, 6.45) is 12.4. The molecule has 4 atom stereocenters. The van der Waals surface area contributed by atoms with E-state index in [9.17, 15) is 14.4 Å². The minimum Gasteiger partial charge on any atom is -0.444 e. The van der Waals surface area contributed by atoms with Gasteiger partial charge in [0.05, 0.1) is 25.4 Å². The van der Waals surface area contributed by atoms with Crippen LogP contribution in [-0.2, 0) is 37.0 Å². The Hall–Kier alpha value is -3.51. The number of rotatable bonds is 8. The first-order valence-corrected chi connectivity index (χ1v) is 21.5. The molecule has 11 heteroatoms. The number of carbonyl (C=O) groups is 3. The number of carbonyl (C=O) groups excluding carboxylic acids is 3. The van der Waals surface area contributed by atoms with Crippen LogP contribution in [0.25, 0.3) is 0 Å². The van der Waals surface area contributed by atoms with Crippen LogP contribution in [0.4, 0.5) is 9.59 Å². The monoisotopic (exact) mass is 793 g/mol. The number of hydrogen-bond donors (Lipinski definition) is 2. The highest BCUT2D eigenvalue weighted by atomic mass is 16.6. The third-order valence-corrected chi connectivity index (χ3v) is 10.6. The van der Waals surface area contributed by atoms with E-state index in [1.807, 2.05) is 70.7 Å². The number of hydrogen-bond acceptors (Lipinski definition) is 9. The van der Waals surface area contributed by atoms with Gasteiger partial charge in [0.2, 0.25) is 0 Å². The Balaban J connectivity index is 0.000000209. The lowest BCUT2D eigenvalue weighted by Crippen LogP contribution is -2.52. The van der Waals surface area contributed by atoms with Crippen molar-refractivity contribution in [3.05, 3.63) is 71.8 Å². The van der Waals surface area contributed by atoms with E-state index in [2.05, 4.69) is 41.7 Å². The van der Waals surface area contributed by atoms with Crippen molar-refractivity contribution in [2.24, 2.45) is 5.73 Å². The summed E-state index contributed by atoms with van der Waals surface area (Å²) < 4.78 is 22.8. The molecule has 3 N–H and O–H groups in total. The summed E-state index contributed by atoms with van der Waals surface area (Å²) in [5.41, 5.74) is 7.59. The fourth-order valence-electron chi connectivity index (χ4n) is 7.50. The Morgan fingerprint density at radius 3 is 1.56 bits per heavy atom. The van der Waals surface area contributed by atoms with Gasteiger partial charge in [-0.25, -0.2) is 9.59 Å². The van der Waals surface area contributed by atoms with Gasteiger partial charge < -0.3 is 39.8 Å². The minimum absolute atomic E-state index is 0.187. The first kappa shape index (κ1) is 46.2. The molecule has 2 amide bonds. The number of nitrogens with zero attached hydrogens (tertiary/aromatic N) is 2. The molecule has 4 fully saturated rings. The van der Waals surface area contributed by atoms with E-state index in [1.165, 1.54) is 43.2 Å². The van der Waals surface area contributed by atoms with Crippen LogP contribution in [0, 0.1) is 0 Å². The minimum atomic E-state index is -0.460. The smallest absolute Gasteiger partial charge is 0.410 e. The van der Waals surface area contributed by atoms with Crippen molar-refractivity contribution in [1.29, 1.82) is 0 Å². The first-order chi connectivity index (χ1) is 27.1. The molecular weight excluding hydrogens is 721 g/mol. The SMILES string of the molecule is CC(C)(C)OC(=O)N1CCC(=O)CC1.CC(C)(C)OC(=O)N1CCC(NC2CCCC[C@@H]2OCc2ccccc2)CC1.N[C@H]1CCCC[C@@H]1OCc1ccccc1. The summed E-state index contributed by atoms with van der Waals surface area (Å²) in [4.78, 5) is 38.1. The third-order valence-electron chi connectivity index (χ3n) is 10.6. The van der Waals surface area contributed by atoms with Crippen LogP contribution in [0.2, 0.25) is 0 Å². The molecule has 1 unspecified atom stereocenters. The van der Waals surface area contributed by atoms with E-state index in [0.29, 0.717) is 51.2 Å². The van der Waals surface area contributed by atoms with Gasteiger partial charge in [-0.2, -0.15) is 0 Å². The normalized spacial score (nSPS) is 23.3. The lowest BCUT2D eigenvalue weighted by molar-refractivity contribution is -0.121. The molecule has 2 aliphatic carbocycles. The van der Waals surface area contributed by atoms with Crippen molar-refractivity contribution >= 4 is 18.0 Å². The van der Waals surface area contributed by atoms with E-state index in [4.69, 9.17) is 24.7 Å². The van der Waals surface area contributed by atoms with Crippen LogP contribution >= 0.6 is 0 Å². The number of nitrogens with two attached hydrogens (primary N) is 1. The van der Waals surface area contributed by atoms with Crippen LogP contribution < -0.4 is 11.1 Å². The molecule has 318 valence electrons. The topological polar surface area (TPSA) is 133 Å². The largest absolute Gasteiger partial charge is 0.444 e. The van der Waals surface area contributed by atoms with E-state index >= 15 is 0 Å².